The molecule has 1 aliphatic heterocycles. The van der Waals surface area contributed by atoms with Crippen molar-refractivity contribution < 1.29 is 9.53 Å². The molecule has 98 valence electrons. The molecule has 2 fully saturated rings. The van der Waals surface area contributed by atoms with Gasteiger partial charge in [0.2, 0.25) is 0 Å². The molecule has 1 heterocycles. The van der Waals surface area contributed by atoms with Crippen molar-refractivity contribution in [2.45, 2.75) is 63.6 Å². The number of carbonyl (C=O) groups excluding carboxylic acids is 1. The van der Waals surface area contributed by atoms with Crippen molar-refractivity contribution in [3.05, 3.63) is 0 Å². The average molecular weight is 240 g/mol. The van der Waals surface area contributed by atoms with Gasteiger partial charge >= 0.3 is 0 Å². The van der Waals surface area contributed by atoms with Crippen molar-refractivity contribution in [3.8, 4) is 0 Å². The molecule has 0 aromatic rings. The van der Waals surface area contributed by atoms with Crippen molar-refractivity contribution in [1.82, 2.24) is 4.90 Å². The summed E-state index contributed by atoms with van der Waals surface area (Å²) in [5.74, 6) is 0.200. The van der Waals surface area contributed by atoms with Crippen LogP contribution < -0.4 is 5.73 Å². The summed E-state index contributed by atoms with van der Waals surface area (Å²) >= 11 is 0. The monoisotopic (exact) mass is 240 g/mol. The molecule has 2 N–H and O–H groups in total. The largest absolute Gasteiger partial charge is 0.368 e. The molecule has 0 radical (unpaired) electrons. The molecule has 0 spiro atoms. The molecule has 1 atom stereocenters. The zero-order valence-electron chi connectivity index (χ0n) is 10.7. The molecule has 2 rings (SSSR count). The van der Waals surface area contributed by atoms with Crippen LogP contribution in [-0.2, 0) is 9.53 Å². The fraction of sp³-hybridized carbons (Fsp3) is 0.923. The van der Waals surface area contributed by atoms with Gasteiger partial charge in [0.25, 0.3) is 5.91 Å². The van der Waals surface area contributed by atoms with Gasteiger partial charge in [-0.15, -0.1) is 0 Å². The Morgan fingerprint density at radius 1 is 1.29 bits per heavy atom. The van der Waals surface area contributed by atoms with Gasteiger partial charge in [-0.3, -0.25) is 4.79 Å². The zero-order chi connectivity index (χ0) is 12.3. The van der Waals surface area contributed by atoms with Gasteiger partial charge < -0.3 is 15.4 Å². The number of hydrogen-bond acceptors (Lipinski definition) is 3. The summed E-state index contributed by atoms with van der Waals surface area (Å²) in [7, 11) is 0. The van der Waals surface area contributed by atoms with Crippen LogP contribution >= 0.6 is 0 Å². The van der Waals surface area contributed by atoms with Gasteiger partial charge in [0, 0.05) is 25.2 Å². The summed E-state index contributed by atoms with van der Waals surface area (Å²) in [6, 6.07) is 0.722. The molecule has 1 aliphatic carbocycles. The fourth-order valence-corrected chi connectivity index (χ4v) is 2.96. The van der Waals surface area contributed by atoms with E-state index >= 15 is 0 Å². The van der Waals surface area contributed by atoms with E-state index in [0.717, 1.165) is 51.7 Å². The molecule has 4 nitrogen and oxygen atoms in total. The number of amides is 1. The minimum absolute atomic E-state index is 0.175. The lowest BCUT2D eigenvalue weighted by Crippen LogP contribution is -2.47. The Morgan fingerprint density at radius 2 is 2.00 bits per heavy atom. The smallest absolute Gasteiger partial charge is 0.251 e. The van der Waals surface area contributed by atoms with Crippen LogP contribution in [0.3, 0.4) is 0 Å². The second-order valence-electron chi connectivity index (χ2n) is 5.19. The van der Waals surface area contributed by atoms with Crippen molar-refractivity contribution in [1.29, 1.82) is 0 Å². The van der Waals surface area contributed by atoms with Crippen LogP contribution in [0.1, 0.15) is 45.4 Å². The van der Waals surface area contributed by atoms with E-state index in [2.05, 4.69) is 6.92 Å². The highest BCUT2D eigenvalue weighted by molar-refractivity contribution is 5.81. The fourth-order valence-electron chi connectivity index (χ4n) is 2.96. The number of likely N-dealkylation sites (N-methyl/N-ethyl adjacent to an activating group) is 1. The topological polar surface area (TPSA) is 55.6 Å². The highest BCUT2D eigenvalue weighted by Crippen LogP contribution is 2.24. The summed E-state index contributed by atoms with van der Waals surface area (Å²) in [6.07, 6.45) is 5.91. The van der Waals surface area contributed by atoms with Crippen LogP contribution in [-0.4, -0.2) is 42.1 Å². The molecule has 1 saturated carbocycles. The molecular weight excluding hydrogens is 216 g/mol. The number of nitrogens with zero attached hydrogens (tertiary/aromatic N) is 1. The Bertz CT molecular complexity index is 256. The third-order valence-corrected chi connectivity index (χ3v) is 4.01. The SMILES string of the molecule is CCN(C(=O)[C@@H]1CCCO1)C1CCC(N)CC1. The minimum atomic E-state index is -0.175. The van der Waals surface area contributed by atoms with E-state index in [1.54, 1.807) is 0 Å². The van der Waals surface area contributed by atoms with Crippen LogP contribution in [0.5, 0.6) is 0 Å². The summed E-state index contributed by atoms with van der Waals surface area (Å²) in [4.78, 5) is 14.3. The maximum atomic E-state index is 12.3. The molecule has 17 heavy (non-hydrogen) atoms. The molecule has 0 aromatic carbocycles. The molecule has 0 aromatic heterocycles. The molecule has 4 heteroatoms. The van der Waals surface area contributed by atoms with E-state index in [1.165, 1.54) is 0 Å². The van der Waals surface area contributed by atoms with Crippen LogP contribution in [0, 0.1) is 0 Å². The average Bonchev–Trinajstić information content (AvgIpc) is 2.86. The highest BCUT2D eigenvalue weighted by Gasteiger charge is 2.32. The third-order valence-electron chi connectivity index (χ3n) is 4.01. The van der Waals surface area contributed by atoms with E-state index in [-0.39, 0.29) is 12.0 Å². The van der Waals surface area contributed by atoms with Crippen LogP contribution in [0.4, 0.5) is 0 Å². The molecule has 1 saturated heterocycles. The van der Waals surface area contributed by atoms with Crippen molar-refractivity contribution in [2.75, 3.05) is 13.2 Å². The summed E-state index contributed by atoms with van der Waals surface area (Å²) in [6.45, 7) is 3.59. The van der Waals surface area contributed by atoms with Crippen molar-refractivity contribution in [3.63, 3.8) is 0 Å². The normalized spacial score (nSPS) is 33.6. The Kier molecular flexibility index (Phi) is 4.40. The summed E-state index contributed by atoms with van der Waals surface area (Å²) < 4.78 is 5.49. The standard InChI is InChI=1S/C13H24N2O2/c1-2-15(11-7-5-10(14)6-8-11)13(16)12-4-3-9-17-12/h10-12H,2-9,14H2,1H3/t10?,11?,12-/m0/s1. The molecule has 2 aliphatic rings. The second kappa shape index (κ2) is 5.83. The Hall–Kier alpha value is -0.610. The Labute approximate surface area is 103 Å². The van der Waals surface area contributed by atoms with Gasteiger partial charge in [-0.2, -0.15) is 0 Å². The first kappa shape index (κ1) is 12.8. The van der Waals surface area contributed by atoms with Crippen molar-refractivity contribution >= 4 is 5.91 Å². The van der Waals surface area contributed by atoms with E-state index in [4.69, 9.17) is 10.5 Å². The van der Waals surface area contributed by atoms with Gasteiger partial charge in [0.05, 0.1) is 0 Å². The van der Waals surface area contributed by atoms with Crippen molar-refractivity contribution in [2.24, 2.45) is 5.73 Å². The second-order valence-corrected chi connectivity index (χ2v) is 5.19. The number of carbonyl (C=O) groups is 1. The molecular formula is C13H24N2O2. The Balaban J connectivity index is 1.92. The van der Waals surface area contributed by atoms with Crippen LogP contribution in [0.15, 0.2) is 0 Å². The molecule has 0 unspecified atom stereocenters. The maximum Gasteiger partial charge on any atom is 0.251 e. The molecule has 1 amide bonds. The van der Waals surface area contributed by atoms with E-state index < -0.39 is 0 Å². The lowest BCUT2D eigenvalue weighted by Gasteiger charge is -2.36. The van der Waals surface area contributed by atoms with Gasteiger partial charge in [0.1, 0.15) is 6.10 Å². The van der Waals surface area contributed by atoms with Gasteiger partial charge in [-0.05, 0) is 45.4 Å². The summed E-state index contributed by atoms with van der Waals surface area (Å²) in [5.41, 5.74) is 5.91. The van der Waals surface area contributed by atoms with Gasteiger partial charge in [-0.1, -0.05) is 0 Å². The van der Waals surface area contributed by atoms with Crippen LogP contribution in [0.2, 0.25) is 0 Å². The van der Waals surface area contributed by atoms with Crippen LogP contribution in [0.25, 0.3) is 0 Å². The predicted octanol–water partition coefficient (Wildman–Crippen LogP) is 1.28. The van der Waals surface area contributed by atoms with E-state index in [9.17, 15) is 4.79 Å². The summed E-state index contributed by atoms with van der Waals surface area (Å²) in [5, 5.41) is 0. The first-order valence-electron chi connectivity index (χ1n) is 6.90. The lowest BCUT2D eigenvalue weighted by atomic mass is 9.90. The highest BCUT2D eigenvalue weighted by atomic mass is 16.5. The third kappa shape index (κ3) is 2.99. The maximum absolute atomic E-state index is 12.3. The van der Waals surface area contributed by atoms with Gasteiger partial charge in [0.15, 0.2) is 0 Å². The number of nitrogens with two attached hydrogens (primary N) is 1. The van der Waals surface area contributed by atoms with E-state index in [0.29, 0.717) is 12.1 Å². The van der Waals surface area contributed by atoms with E-state index in [1.807, 2.05) is 4.90 Å². The zero-order valence-corrected chi connectivity index (χ0v) is 10.7. The Morgan fingerprint density at radius 3 is 2.53 bits per heavy atom. The number of rotatable bonds is 3. The number of ether oxygens (including phenoxy) is 1. The van der Waals surface area contributed by atoms with Gasteiger partial charge in [-0.25, -0.2) is 0 Å². The first-order chi connectivity index (χ1) is 8.22. The number of hydrogen-bond donors (Lipinski definition) is 1. The minimum Gasteiger partial charge on any atom is -0.368 e. The quantitative estimate of drug-likeness (QED) is 0.808. The molecule has 0 bridgehead atoms. The lowest BCUT2D eigenvalue weighted by molar-refractivity contribution is -0.143. The predicted molar refractivity (Wildman–Crippen MR) is 66.6 cm³/mol. The first-order valence-corrected chi connectivity index (χ1v) is 6.90.